The SMILES string of the molecule is CC#CC[C@]12CCC(=O)C=C1CC[C@@H]1[C@@H]2CC[C@]2(C)C(=O)CC[C@@H]12. The molecule has 4 rings (SSSR count). The summed E-state index contributed by atoms with van der Waals surface area (Å²) >= 11 is 0. The number of carbonyl (C=O) groups is 2. The van der Waals surface area contributed by atoms with E-state index in [0.29, 0.717) is 35.7 Å². The average molecular weight is 324 g/mol. The van der Waals surface area contributed by atoms with Gasteiger partial charge in [0.2, 0.25) is 0 Å². The van der Waals surface area contributed by atoms with Crippen molar-refractivity contribution >= 4 is 11.6 Å². The summed E-state index contributed by atoms with van der Waals surface area (Å²) in [5.74, 6) is 9.11. The van der Waals surface area contributed by atoms with Crippen molar-refractivity contribution in [2.45, 2.75) is 71.6 Å². The molecule has 0 aromatic carbocycles. The first-order valence-corrected chi connectivity index (χ1v) is 9.68. The van der Waals surface area contributed by atoms with Crippen LogP contribution in [0.3, 0.4) is 0 Å². The summed E-state index contributed by atoms with van der Waals surface area (Å²) in [7, 11) is 0. The van der Waals surface area contributed by atoms with Gasteiger partial charge in [0, 0.05) is 30.1 Å². The molecule has 3 saturated carbocycles. The van der Waals surface area contributed by atoms with Crippen molar-refractivity contribution in [3.63, 3.8) is 0 Å². The highest BCUT2D eigenvalue weighted by Gasteiger charge is 2.59. The third kappa shape index (κ3) is 2.10. The Morgan fingerprint density at radius 1 is 1.08 bits per heavy atom. The highest BCUT2D eigenvalue weighted by Crippen LogP contribution is 2.65. The molecule has 5 atom stereocenters. The minimum absolute atomic E-state index is 0.0650. The van der Waals surface area contributed by atoms with Crippen LogP contribution < -0.4 is 0 Å². The fraction of sp³-hybridized carbons (Fsp3) is 0.727. The number of rotatable bonds is 1. The maximum atomic E-state index is 12.5. The molecule has 128 valence electrons. The minimum atomic E-state index is -0.0650. The predicted molar refractivity (Wildman–Crippen MR) is 94.1 cm³/mol. The molecule has 2 heteroatoms. The van der Waals surface area contributed by atoms with E-state index in [2.05, 4.69) is 18.8 Å². The minimum Gasteiger partial charge on any atom is -0.299 e. The van der Waals surface area contributed by atoms with E-state index in [0.717, 1.165) is 44.9 Å². The van der Waals surface area contributed by atoms with Crippen molar-refractivity contribution in [1.29, 1.82) is 0 Å². The first-order chi connectivity index (χ1) is 11.5. The van der Waals surface area contributed by atoms with Gasteiger partial charge in [0.1, 0.15) is 5.78 Å². The number of Topliss-reactive ketones (excluding diaryl/α,β-unsaturated/α-hetero) is 1. The molecule has 4 aliphatic carbocycles. The van der Waals surface area contributed by atoms with Crippen LogP contribution in [0.2, 0.25) is 0 Å². The second-order valence-corrected chi connectivity index (χ2v) is 8.73. The van der Waals surface area contributed by atoms with E-state index in [4.69, 9.17) is 0 Å². The summed E-state index contributed by atoms with van der Waals surface area (Å²) in [6, 6.07) is 0. The first-order valence-electron chi connectivity index (χ1n) is 9.68. The fourth-order valence-electron chi connectivity index (χ4n) is 6.71. The molecule has 0 bridgehead atoms. The number of carbonyl (C=O) groups excluding carboxylic acids is 2. The zero-order valence-electron chi connectivity index (χ0n) is 15.0. The summed E-state index contributed by atoms with van der Waals surface area (Å²) in [6.45, 7) is 4.15. The molecule has 0 spiro atoms. The number of ketones is 2. The second-order valence-electron chi connectivity index (χ2n) is 8.73. The Morgan fingerprint density at radius 2 is 1.92 bits per heavy atom. The molecule has 0 radical (unpaired) electrons. The second kappa shape index (κ2) is 5.58. The molecule has 0 saturated heterocycles. The Bertz CT molecular complexity index is 676. The Morgan fingerprint density at radius 3 is 2.71 bits per heavy atom. The van der Waals surface area contributed by atoms with Crippen molar-refractivity contribution < 1.29 is 9.59 Å². The zero-order valence-corrected chi connectivity index (χ0v) is 15.0. The van der Waals surface area contributed by atoms with Gasteiger partial charge in [0.05, 0.1) is 0 Å². The van der Waals surface area contributed by atoms with Crippen LogP contribution >= 0.6 is 0 Å². The topological polar surface area (TPSA) is 34.1 Å². The molecule has 0 unspecified atom stereocenters. The van der Waals surface area contributed by atoms with Crippen LogP contribution in [0.4, 0.5) is 0 Å². The Balaban J connectivity index is 1.74. The fourth-order valence-corrected chi connectivity index (χ4v) is 6.71. The zero-order chi connectivity index (χ0) is 16.9. The molecule has 2 nitrogen and oxygen atoms in total. The van der Waals surface area contributed by atoms with Crippen molar-refractivity contribution in [2.24, 2.45) is 28.6 Å². The lowest BCUT2D eigenvalue weighted by Gasteiger charge is -2.57. The third-order valence-electron chi connectivity index (χ3n) is 7.98. The maximum Gasteiger partial charge on any atom is 0.155 e. The Kier molecular flexibility index (Phi) is 3.75. The van der Waals surface area contributed by atoms with E-state index in [1.165, 1.54) is 12.0 Å². The predicted octanol–water partition coefficient (Wildman–Crippen LogP) is 4.48. The van der Waals surface area contributed by atoms with Gasteiger partial charge in [-0.3, -0.25) is 9.59 Å². The number of allylic oxidation sites excluding steroid dienone is 1. The maximum absolute atomic E-state index is 12.5. The number of hydrogen-bond donors (Lipinski definition) is 0. The van der Waals surface area contributed by atoms with Crippen LogP contribution in [-0.4, -0.2) is 11.6 Å². The average Bonchev–Trinajstić information content (AvgIpc) is 2.88. The van der Waals surface area contributed by atoms with Crippen LogP contribution in [-0.2, 0) is 9.59 Å². The van der Waals surface area contributed by atoms with Crippen molar-refractivity contribution in [2.75, 3.05) is 0 Å². The van der Waals surface area contributed by atoms with Gasteiger partial charge in [-0.15, -0.1) is 11.8 Å². The summed E-state index contributed by atoms with van der Waals surface area (Å²) in [6.07, 6.45) is 10.8. The van der Waals surface area contributed by atoms with Crippen molar-refractivity contribution in [3.05, 3.63) is 11.6 Å². The highest BCUT2D eigenvalue weighted by molar-refractivity contribution is 5.92. The Labute approximate surface area is 145 Å². The van der Waals surface area contributed by atoms with E-state index in [9.17, 15) is 9.59 Å². The van der Waals surface area contributed by atoms with Crippen LogP contribution in [0.25, 0.3) is 0 Å². The highest BCUT2D eigenvalue weighted by atomic mass is 16.1. The molecule has 24 heavy (non-hydrogen) atoms. The summed E-state index contributed by atoms with van der Waals surface area (Å²) in [4.78, 5) is 24.5. The molecule has 0 heterocycles. The monoisotopic (exact) mass is 324 g/mol. The number of fused-ring (bicyclic) bond motifs is 5. The smallest absolute Gasteiger partial charge is 0.155 e. The molecule has 0 N–H and O–H groups in total. The number of hydrogen-bond acceptors (Lipinski definition) is 2. The van der Waals surface area contributed by atoms with E-state index in [-0.39, 0.29) is 10.8 Å². The van der Waals surface area contributed by atoms with Gasteiger partial charge in [-0.1, -0.05) is 12.5 Å². The first kappa shape index (κ1) is 16.1. The van der Waals surface area contributed by atoms with E-state index >= 15 is 0 Å². The summed E-state index contributed by atoms with van der Waals surface area (Å²) < 4.78 is 0. The summed E-state index contributed by atoms with van der Waals surface area (Å²) in [5.41, 5.74) is 1.44. The van der Waals surface area contributed by atoms with E-state index in [1.807, 2.05) is 13.0 Å². The van der Waals surface area contributed by atoms with Crippen LogP contribution in [0.1, 0.15) is 71.6 Å². The summed E-state index contributed by atoms with van der Waals surface area (Å²) in [5, 5.41) is 0. The van der Waals surface area contributed by atoms with E-state index in [1.54, 1.807) is 0 Å². The third-order valence-corrected chi connectivity index (χ3v) is 7.98. The molecule has 0 aromatic heterocycles. The standard InChI is InChI=1S/C22H28O2/c1-3-4-11-22-13-9-16(23)14-15(22)5-6-17-18-7-8-20(24)21(18,2)12-10-19(17)22/h14,17-19H,5-13H2,1-2H3/t17-,18-,19-,21-,22-/m0/s1. The lowest BCUT2D eigenvalue weighted by Crippen LogP contribution is -2.51. The molecular weight excluding hydrogens is 296 g/mol. The molecular formula is C22H28O2. The molecule has 3 fully saturated rings. The lowest BCUT2D eigenvalue weighted by atomic mass is 9.46. The van der Waals surface area contributed by atoms with Gasteiger partial charge in [0.15, 0.2) is 5.78 Å². The quantitative estimate of drug-likeness (QED) is 0.666. The van der Waals surface area contributed by atoms with Crippen LogP contribution in [0, 0.1) is 40.4 Å². The van der Waals surface area contributed by atoms with Crippen molar-refractivity contribution in [1.82, 2.24) is 0 Å². The van der Waals surface area contributed by atoms with Crippen LogP contribution in [0.15, 0.2) is 11.6 Å². The van der Waals surface area contributed by atoms with Gasteiger partial charge in [-0.25, -0.2) is 0 Å². The van der Waals surface area contributed by atoms with Gasteiger partial charge in [-0.05, 0) is 69.3 Å². The Hall–Kier alpha value is -1.36. The van der Waals surface area contributed by atoms with Gasteiger partial charge in [-0.2, -0.15) is 0 Å². The van der Waals surface area contributed by atoms with Gasteiger partial charge in [0.25, 0.3) is 0 Å². The molecule has 0 aromatic rings. The molecule has 0 aliphatic heterocycles. The van der Waals surface area contributed by atoms with Gasteiger partial charge >= 0.3 is 0 Å². The normalized spacial score (nSPS) is 43.9. The molecule has 4 aliphatic rings. The van der Waals surface area contributed by atoms with Crippen LogP contribution in [0.5, 0.6) is 0 Å². The largest absolute Gasteiger partial charge is 0.299 e. The van der Waals surface area contributed by atoms with Gasteiger partial charge < -0.3 is 0 Å². The molecule has 0 amide bonds. The van der Waals surface area contributed by atoms with Crippen molar-refractivity contribution in [3.8, 4) is 11.8 Å². The lowest BCUT2D eigenvalue weighted by molar-refractivity contribution is -0.132. The van der Waals surface area contributed by atoms with E-state index < -0.39 is 0 Å².